The Bertz CT molecular complexity index is 677. The maximum Gasteiger partial charge on any atom is 0.317 e. The molecule has 1 aromatic rings. The van der Waals surface area contributed by atoms with Crippen LogP contribution in [0.4, 0.5) is 4.79 Å². The molecule has 0 aromatic heterocycles. The highest BCUT2D eigenvalue weighted by atomic mass is 16.5. The molecule has 4 atom stereocenters. The van der Waals surface area contributed by atoms with Crippen LogP contribution >= 0.6 is 0 Å². The van der Waals surface area contributed by atoms with Crippen molar-refractivity contribution in [1.29, 1.82) is 0 Å². The van der Waals surface area contributed by atoms with Gasteiger partial charge in [0.05, 0.1) is 19.1 Å². The van der Waals surface area contributed by atoms with E-state index in [1.165, 1.54) is 7.11 Å². The Balaban J connectivity index is 1.65. The highest BCUT2D eigenvalue weighted by Crippen LogP contribution is 2.38. The maximum atomic E-state index is 12.7. The van der Waals surface area contributed by atoms with Crippen LogP contribution in [0.3, 0.4) is 0 Å². The topological polar surface area (TPSA) is 67.9 Å². The molecule has 0 radical (unpaired) electrons. The number of fused-ring (bicyclic) bond motifs is 1. The second-order valence-electron chi connectivity index (χ2n) is 7.38. The molecule has 1 fully saturated rings. The zero-order valence-corrected chi connectivity index (χ0v) is 15.2. The molecule has 136 valence electrons. The van der Waals surface area contributed by atoms with Gasteiger partial charge in [0.1, 0.15) is 5.75 Å². The molecular weight excluding hydrogens is 320 g/mol. The van der Waals surface area contributed by atoms with Gasteiger partial charge in [0, 0.05) is 30.6 Å². The average Bonchev–Trinajstić information content (AvgIpc) is 3.16. The van der Waals surface area contributed by atoms with Crippen molar-refractivity contribution in [3.63, 3.8) is 0 Å². The summed E-state index contributed by atoms with van der Waals surface area (Å²) in [7, 11) is 1.39. The molecule has 25 heavy (non-hydrogen) atoms. The molecule has 0 bridgehead atoms. The molecule has 0 spiro atoms. The third-order valence-corrected chi connectivity index (χ3v) is 5.73. The number of urea groups is 1. The van der Waals surface area contributed by atoms with Gasteiger partial charge in [-0.25, -0.2) is 4.79 Å². The first-order valence-electron chi connectivity index (χ1n) is 8.72. The van der Waals surface area contributed by atoms with E-state index in [9.17, 15) is 9.59 Å². The van der Waals surface area contributed by atoms with Crippen molar-refractivity contribution in [3.05, 3.63) is 29.8 Å². The van der Waals surface area contributed by atoms with Gasteiger partial charge in [0.15, 0.2) is 0 Å². The molecule has 2 heterocycles. The number of benzene rings is 1. The van der Waals surface area contributed by atoms with E-state index in [1.54, 1.807) is 4.90 Å². The lowest BCUT2D eigenvalue weighted by Crippen LogP contribution is -2.46. The minimum Gasteiger partial charge on any atom is -0.493 e. The summed E-state index contributed by atoms with van der Waals surface area (Å²) in [6.45, 7) is 7.32. The fourth-order valence-corrected chi connectivity index (χ4v) is 3.79. The molecule has 1 aromatic carbocycles. The Kier molecular flexibility index (Phi) is 4.62. The Morgan fingerprint density at radius 2 is 2.12 bits per heavy atom. The number of carbonyl (C=O) groups is 2. The van der Waals surface area contributed by atoms with E-state index < -0.39 is 5.41 Å². The van der Waals surface area contributed by atoms with Crippen molar-refractivity contribution in [3.8, 4) is 5.75 Å². The summed E-state index contributed by atoms with van der Waals surface area (Å²) in [5.41, 5.74) is 0.475. The molecule has 2 aliphatic rings. The van der Waals surface area contributed by atoms with E-state index in [4.69, 9.17) is 9.47 Å². The lowest BCUT2D eigenvalue weighted by atomic mass is 9.81. The molecule has 0 aliphatic carbocycles. The number of rotatable bonds is 3. The number of amides is 2. The number of ether oxygens (including phenoxy) is 2. The zero-order valence-electron chi connectivity index (χ0n) is 15.2. The monoisotopic (exact) mass is 346 g/mol. The van der Waals surface area contributed by atoms with Crippen molar-refractivity contribution in [2.75, 3.05) is 26.8 Å². The second-order valence-corrected chi connectivity index (χ2v) is 7.38. The third-order valence-electron chi connectivity index (χ3n) is 5.73. The summed E-state index contributed by atoms with van der Waals surface area (Å²) in [5, 5.41) is 3.07. The molecule has 0 unspecified atom stereocenters. The van der Waals surface area contributed by atoms with Crippen molar-refractivity contribution >= 4 is 12.0 Å². The van der Waals surface area contributed by atoms with Crippen LogP contribution in [0, 0.1) is 11.3 Å². The minimum atomic E-state index is -0.654. The number of hydrogen-bond acceptors (Lipinski definition) is 4. The first-order chi connectivity index (χ1) is 11.9. The van der Waals surface area contributed by atoms with Crippen LogP contribution in [0.2, 0.25) is 0 Å². The number of methoxy groups -OCH3 is 1. The fraction of sp³-hybridized carbons (Fsp3) is 0.579. The lowest BCUT2D eigenvalue weighted by molar-refractivity contribution is -0.152. The number of esters is 1. The summed E-state index contributed by atoms with van der Waals surface area (Å²) >= 11 is 0. The van der Waals surface area contributed by atoms with Crippen LogP contribution in [-0.4, -0.2) is 49.7 Å². The number of carbonyl (C=O) groups excluding carboxylic acids is 2. The Morgan fingerprint density at radius 1 is 1.40 bits per heavy atom. The van der Waals surface area contributed by atoms with Crippen LogP contribution in [0.1, 0.15) is 32.3 Å². The SMILES string of the molecule is COC(=O)[C@]1(C)CN(C(=O)N[C@@H](C)[C@@H]2COc3ccccc32)C[C@H]1C. The summed E-state index contributed by atoms with van der Waals surface area (Å²) in [4.78, 5) is 26.5. The van der Waals surface area contributed by atoms with Gasteiger partial charge in [-0.3, -0.25) is 4.79 Å². The number of hydrogen-bond donors (Lipinski definition) is 1. The minimum absolute atomic E-state index is 0.0524. The molecule has 6 nitrogen and oxygen atoms in total. The van der Waals surface area contributed by atoms with Crippen molar-refractivity contribution in [1.82, 2.24) is 10.2 Å². The largest absolute Gasteiger partial charge is 0.493 e. The van der Waals surface area contributed by atoms with E-state index in [-0.39, 0.29) is 29.9 Å². The molecule has 3 rings (SSSR count). The van der Waals surface area contributed by atoms with Crippen LogP contribution in [-0.2, 0) is 9.53 Å². The fourth-order valence-electron chi connectivity index (χ4n) is 3.79. The van der Waals surface area contributed by atoms with Crippen LogP contribution in [0.5, 0.6) is 5.75 Å². The van der Waals surface area contributed by atoms with Crippen molar-refractivity contribution in [2.24, 2.45) is 11.3 Å². The highest BCUT2D eigenvalue weighted by molar-refractivity contribution is 5.81. The summed E-state index contributed by atoms with van der Waals surface area (Å²) in [6.07, 6.45) is 0. The molecule has 6 heteroatoms. The molecule has 0 saturated carbocycles. The van der Waals surface area contributed by atoms with E-state index >= 15 is 0 Å². The van der Waals surface area contributed by atoms with E-state index in [2.05, 4.69) is 5.32 Å². The molecule has 2 amide bonds. The van der Waals surface area contributed by atoms with Gasteiger partial charge >= 0.3 is 12.0 Å². The predicted molar refractivity (Wildman–Crippen MR) is 93.5 cm³/mol. The molecule has 1 N–H and O–H groups in total. The Morgan fingerprint density at radius 3 is 2.84 bits per heavy atom. The third kappa shape index (κ3) is 3.05. The van der Waals surface area contributed by atoms with E-state index in [0.29, 0.717) is 19.7 Å². The maximum absolute atomic E-state index is 12.7. The smallest absolute Gasteiger partial charge is 0.317 e. The van der Waals surface area contributed by atoms with Gasteiger partial charge in [-0.15, -0.1) is 0 Å². The van der Waals surface area contributed by atoms with Crippen LogP contribution < -0.4 is 10.1 Å². The van der Waals surface area contributed by atoms with Crippen LogP contribution in [0.15, 0.2) is 24.3 Å². The quantitative estimate of drug-likeness (QED) is 0.854. The summed E-state index contributed by atoms with van der Waals surface area (Å²) < 4.78 is 10.6. The second kappa shape index (κ2) is 6.58. The first-order valence-corrected chi connectivity index (χ1v) is 8.72. The molecular formula is C19H26N2O4. The summed E-state index contributed by atoms with van der Waals surface area (Å²) in [6, 6.07) is 7.73. The Labute approximate surface area is 148 Å². The van der Waals surface area contributed by atoms with Crippen molar-refractivity contribution in [2.45, 2.75) is 32.7 Å². The van der Waals surface area contributed by atoms with Gasteiger partial charge < -0.3 is 19.7 Å². The number of likely N-dealkylation sites (tertiary alicyclic amines) is 1. The van der Waals surface area contributed by atoms with Gasteiger partial charge in [-0.05, 0) is 25.8 Å². The average molecular weight is 346 g/mol. The molecule has 2 aliphatic heterocycles. The normalized spacial score (nSPS) is 28.9. The number of para-hydroxylation sites is 1. The van der Waals surface area contributed by atoms with Crippen molar-refractivity contribution < 1.29 is 19.1 Å². The van der Waals surface area contributed by atoms with Gasteiger partial charge in [-0.1, -0.05) is 25.1 Å². The first kappa shape index (κ1) is 17.6. The summed E-state index contributed by atoms with van der Waals surface area (Å²) in [5.74, 6) is 0.812. The van der Waals surface area contributed by atoms with E-state index in [1.807, 2.05) is 45.0 Å². The predicted octanol–water partition coefficient (Wildman–Crippen LogP) is 2.39. The zero-order chi connectivity index (χ0) is 18.2. The standard InChI is InChI=1S/C19H26N2O4/c1-12-9-21(11-19(12,3)17(22)24-4)18(23)20-13(2)15-10-25-16-8-6-5-7-14(15)16/h5-8,12-13,15H,9-11H2,1-4H3,(H,20,23)/t12-,13+,15+,19-/m1/s1. The Hall–Kier alpha value is -2.24. The molecule has 1 saturated heterocycles. The van der Waals surface area contributed by atoms with Crippen LogP contribution in [0.25, 0.3) is 0 Å². The highest BCUT2D eigenvalue weighted by Gasteiger charge is 2.48. The van der Waals surface area contributed by atoms with Gasteiger partial charge in [0.25, 0.3) is 0 Å². The number of nitrogens with zero attached hydrogens (tertiary/aromatic N) is 1. The number of nitrogens with one attached hydrogen (secondary N) is 1. The lowest BCUT2D eigenvalue weighted by Gasteiger charge is -2.26. The van der Waals surface area contributed by atoms with E-state index in [0.717, 1.165) is 11.3 Å². The van der Waals surface area contributed by atoms with Gasteiger partial charge in [0.2, 0.25) is 0 Å². The van der Waals surface area contributed by atoms with Gasteiger partial charge in [-0.2, -0.15) is 0 Å².